The molecule has 1 amide bonds. The molecule has 2 aromatic heterocycles. The first-order valence-corrected chi connectivity index (χ1v) is 8.92. The Morgan fingerprint density at radius 1 is 1.36 bits per heavy atom. The number of aromatic nitrogens is 2. The number of anilines is 1. The Hall–Kier alpha value is -2.27. The summed E-state index contributed by atoms with van der Waals surface area (Å²) in [6.45, 7) is 5.10. The fourth-order valence-electron chi connectivity index (χ4n) is 3.44. The third kappa shape index (κ3) is 4.42. The number of amides is 1. The molecule has 1 N–H and O–H groups in total. The molecule has 0 saturated carbocycles. The van der Waals surface area contributed by atoms with E-state index in [0.717, 1.165) is 29.9 Å². The summed E-state index contributed by atoms with van der Waals surface area (Å²) < 4.78 is 0. The molecule has 25 heavy (non-hydrogen) atoms. The van der Waals surface area contributed by atoms with E-state index < -0.39 is 0 Å². The second-order valence-corrected chi connectivity index (χ2v) is 6.90. The molecule has 2 aromatic rings. The Morgan fingerprint density at radius 3 is 2.92 bits per heavy atom. The topological polar surface area (TPSA) is 58.1 Å². The van der Waals surface area contributed by atoms with Crippen molar-refractivity contribution in [3.63, 3.8) is 0 Å². The third-order valence-electron chi connectivity index (χ3n) is 4.80. The van der Waals surface area contributed by atoms with Crippen molar-refractivity contribution in [2.45, 2.75) is 45.6 Å². The van der Waals surface area contributed by atoms with Crippen molar-refractivity contribution >= 4 is 11.7 Å². The molecule has 3 rings (SSSR count). The minimum atomic E-state index is -0.00389. The van der Waals surface area contributed by atoms with E-state index in [0.29, 0.717) is 24.7 Å². The van der Waals surface area contributed by atoms with Gasteiger partial charge in [-0.2, -0.15) is 0 Å². The van der Waals surface area contributed by atoms with Gasteiger partial charge in [-0.1, -0.05) is 6.07 Å². The highest BCUT2D eigenvalue weighted by atomic mass is 16.1. The zero-order valence-corrected chi connectivity index (χ0v) is 15.2. The largest absolute Gasteiger partial charge is 0.310 e. The summed E-state index contributed by atoms with van der Waals surface area (Å²) >= 11 is 0. The van der Waals surface area contributed by atoms with Gasteiger partial charge in [0.2, 0.25) is 5.91 Å². The highest BCUT2D eigenvalue weighted by molar-refractivity contribution is 5.90. The lowest BCUT2D eigenvalue weighted by atomic mass is 10.0. The number of likely N-dealkylation sites (tertiary alicyclic amines) is 1. The maximum Gasteiger partial charge on any atom is 0.225 e. The van der Waals surface area contributed by atoms with Gasteiger partial charge in [0.25, 0.3) is 0 Å². The molecule has 5 nitrogen and oxygen atoms in total. The zero-order valence-electron chi connectivity index (χ0n) is 15.2. The van der Waals surface area contributed by atoms with Crippen molar-refractivity contribution in [2.24, 2.45) is 0 Å². The number of pyridine rings is 2. The van der Waals surface area contributed by atoms with E-state index >= 15 is 0 Å². The van der Waals surface area contributed by atoms with E-state index in [1.807, 2.05) is 26.0 Å². The molecular formula is C20H26N4O. The molecule has 0 aliphatic carbocycles. The van der Waals surface area contributed by atoms with Gasteiger partial charge >= 0.3 is 0 Å². The van der Waals surface area contributed by atoms with E-state index in [4.69, 9.17) is 4.98 Å². The van der Waals surface area contributed by atoms with Crippen LogP contribution in [0.4, 0.5) is 5.82 Å². The molecule has 5 heteroatoms. The van der Waals surface area contributed by atoms with Crippen molar-refractivity contribution < 1.29 is 4.79 Å². The summed E-state index contributed by atoms with van der Waals surface area (Å²) in [5.41, 5.74) is 4.31. The predicted octanol–water partition coefficient (Wildman–Crippen LogP) is 3.43. The first-order chi connectivity index (χ1) is 12.0. The van der Waals surface area contributed by atoms with E-state index in [1.54, 1.807) is 6.20 Å². The quantitative estimate of drug-likeness (QED) is 0.907. The molecule has 0 spiro atoms. The van der Waals surface area contributed by atoms with Crippen molar-refractivity contribution in [1.82, 2.24) is 14.9 Å². The first kappa shape index (κ1) is 17.5. The molecule has 0 aromatic carbocycles. The molecule has 1 atom stereocenters. The van der Waals surface area contributed by atoms with Gasteiger partial charge in [0.05, 0.1) is 11.7 Å². The number of hydrogen-bond donors (Lipinski definition) is 1. The number of nitrogens with one attached hydrogen (secondary N) is 1. The number of hydrogen-bond acceptors (Lipinski definition) is 4. The van der Waals surface area contributed by atoms with Crippen molar-refractivity contribution in [2.75, 3.05) is 18.9 Å². The Balaban J connectivity index is 1.64. The lowest BCUT2D eigenvalue weighted by Crippen LogP contribution is -2.19. The monoisotopic (exact) mass is 338 g/mol. The summed E-state index contributed by atoms with van der Waals surface area (Å²) in [7, 11) is 2.16. The predicted molar refractivity (Wildman–Crippen MR) is 99.5 cm³/mol. The second-order valence-electron chi connectivity index (χ2n) is 6.90. The SMILES string of the molecule is Cc1cc(CCC(=O)Nc2ncccc2C)cc(C2CCCN2C)n1. The minimum Gasteiger partial charge on any atom is -0.310 e. The van der Waals surface area contributed by atoms with Gasteiger partial charge in [-0.25, -0.2) is 4.98 Å². The summed E-state index contributed by atoms with van der Waals surface area (Å²) in [5, 5.41) is 2.90. The van der Waals surface area contributed by atoms with Gasteiger partial charge < -0.3 is 5.32 Å². The zero-order chi connectivity index (χ0) is 17.8. The Kier molecular flexibility index (Phi) is 5.43. The number of carbonyl (C=O) groups is 1. The average Bonchev–Trinajstić information content (AvgIpc) is 3.01. The van der Waals surface area contributed by atoms with E-state index in [1.165, 1.54) is 12.0 Å². The van der Waals surface area contributed by atoms with Gasteiger partial charge in [0.1, 0.15) is 5.82 Å². The van der Waals surface area contributed by atoms with E-state index in [9.17, 15) is 4.79 Å². The maximum absolute atomic E-state index is 12.2. The molecule has 1 aliphatic rings. The van der Waals surface area contributed by atoms with Crippen LogP contribution in [-0.2, 0) is 11.2 Å². The Bertz CT molecular complexity index is 759. The summed E-state index contributed by atoms with van der Waals surface area (Å²) in [5.74, 6) is 0.641. The standard InChI is InChI=1S/C20H26N4O/c1-14-6-4-10-21-20(14)23-19(25)9-8-16-12-15(2)22-17(13-16)18-7-5-11-24(18)3/h4,6,10,12-13,18H,5,7-9,11H2,1-3H3,(H,21,23,25). The second kappa shape index (κ2) is 7.74. The summed E-state index contributed by atoms with van der Waals surface area (Å²) in [4.78, 5) is 23.5. The van der Waals surface area contributed by atoms with Crippen molar-refractivity contribution in [3.8, 4) is 0 Å². The average molecular weight is 338 g/mol. The number of aryl methyl sites for hydroxylation is 3. The molecular weight excluding hydrogens is 312 g/mol. The fraction of sp³-hybridized carbons (Fsp3) is 0.450. The number of carbonyl (C=O) groups excluding carboxylic acids is 1. The van der Waals surface area contributed by atoms with Gasteiger partial charge in [-0.05, 0) is 76.0 Å². The van der Waals surface area contributed by atoms with Crippen LogP contribution in [0.2, 0.25) is 0 Å². The molecule has 0 bridgehead atoms. The normalized spacial score (nSPS) is 17.6. The highest BCUT2D eigenvalue weighted by Gasteiger charge is 2.24. The lowest BCUT2D eigenvalue weighted by Gasteiger charge is -2.20. The van der Waals surface area contributed by atoms with Crippen LogP contribution >= 0.6 is 0 Å². The summed E-state index contributed by atoms with van der Waals surface area (Å²) in [6.07, 6.45) is 5.23. The molecule has 3 heterocycles. The van der Waals surface area contributed by atoms with Crippen LogP contribution in [0.1, 0.15) is 47.8 Å². The third-order valence-corrected chi connectivity index (χ3v) is 4.80. The molecule has 1 unspecified atom stereocenters. The number of rotatable bonds is 5. The van der Waals surface area contributed by atoms with Crippen LogP contribution in [0.15, 0.2) is 30.5 Å². The van der Waals surface area contributed by atoms with Crippen LogP contribution in [-0.4, -0.2) is 34.4 Å². The van der Waals surface area contributed by atoms with Gasteiger partial charge in [0, 0.05) is 18.3 Å². The van der Waals surface area contributed by atoms with E-state index in [2.05, 4.69) is 34.4 Å². The van der Waals surface area contributed by atoms with E-state index in [-0.39, 0.29) is 5.91 Å². The summed E-state index contributed by atoms with van der Waals surface area (Å²) in [6, 6.07) is 8.46. The highest BCUT2D eigenvalue weighted by Crippen LogP contribution is 2.29. The minimum absolute atomic E-state index is 0.00389. The first-order valence-electron chi connectivity index (χ1n) is 8.92. The van der Waals surface area contributed by atoms with Gasteiger partial charge in [-0.3, -0.25) is 14.7 Å². The molecule has 1 saturated heterocycles. The Morgan fingerprint density at radius 2 is 2.20 bits per heavy atom. The van der Waals surface area contributed by atoms with Crippen molar-refractivity contribution in [3.05, 3.63) is 53.0 Å². The lowest BCUT2D eigenvalue weighted by molar-refractivity contribution is -0.116. The van der Waals surface area contributed by atoms with Crippen LogP contribution in [0.3, 0.4) is 0 Å². The molecule has 1 fully saturated rings. The van der Waals surface area contributed by atoms with Gasteiger partial charge in [-0.15, -0.1) is 0 Å². The maximum atomic E-state index is 12.2. The van der Waals surface area contributed by atoms with Crippen LogP contribution in [0.5, 0.6) is 0 Å². The van der Waals surface area contributed by atoms with Gasteiger partial charge in [0.15, 0.2) is 0 Å². The number of nitrogens with zero attached hydrogens (tertiary/aromatic N) is 3. The Labute approximate surface area is 149 Å². The van der Waals surface area contributed by atoms with Crippen LogP contribution in [0, 0.1) is 13.8 Å². The smallest absolute Gasteiger partial charge is 0.225 e. The van der Waals surface area contributed by atoms with Crippen LogP contribution in [0.25, 0.3) is 0 Å². The molecule has 1 aliphatic heterocycles. The molecule has 0 radical (unpaired) electrons. The van der Waals surface area contributed by atoms with Crippen molar-refractivity contribution in [1.29, 1.82) is 0 Å². The fourth-order valence-corrected chi connectivity index (χ4v) is 3.44. The molecule has 132 valence electrons. The van der Waals surface area contributed by atoms with Crippen LogP contribution < -0.4 is 5.32 Å².